The predicted molar refractivity (Wildman–Crippen MR) is 153 cm³/mol. The Balaban J connectivity index is 1.46. The molecule has 4 fully saturated rings. The quantitative estimate of drug-likeness (QED) is 0.146. The Labute approximate surface area is 249 Å². The second-order valence-corrected chi connectivity index (χ2v) is 14.1. The Morgan fingerprint density at radius 1 is 1.17 bits per heavy atom. The molecule has 5 aliphatic rings. The van der Waals surface area contributed by atoms with Gasteiger partial charge in [-0.15, -0.1) is 0 Å². The highest BCUT2D eigenvalue weighted by Gasteiger charge is 2.84. The van der Waals surface area contributed by atoms with Gasteiger partial charge in [-0.3, -0.25) is 9.59 Å². The molecular weight excluding hydrogens is 540 g/mol. The van der Waals surface area contributed by atoms with Crippen LogP contribution in [0.15, 0.2) is 11.6 Å². The average Bonchev–Trinajstić information content (AvgIpc) is 3.52. The van der Waals surface area contributed by atoms with Crippen LogP contribution in [0, 0.1) is 45.8 Å². The summed E-state index contributed by atoms with van der Waals surface area (Å²) >= 11 is 0. The molecule has 9 nitrogen and oxygen atoms in total. The molecule has 236 valence electrons. The van der Waals surface area contributed by atoms with Crippen molar-refractivity contribution in [1.29, 1.82) is 0 Å². The van der Waals surface area contributed by atoms with E-state index in [1.54, 1.807) is 6.92 Å². The topological polar surface area (TPSA) is 129 Å². The molecule has 2 unspecified atom stereocenters. The van der Waals surface area contributed by atoms with Crippen molar-refractivity contribution in [1.82, 2.24) is 0 Å². The van der Waals surface area contributed by atoms with Crippen molar-refractivity contribution in [2.45, 2.75) is 117 Å². The fourth-order valence-electron chi connectivity index (χ4n) is 10.2. The molecule has 2 N–H and O–H groups in total. The minimum Gasteiger partial charge on any atom is -0.481 e. The number of rotatable bonds is 12. The molecule has 0 aromatic rings. The van der Waals surface area contributed by atoms with Crippen LogP contribution in [0.25, 0.3) is 0 Å². The van der Waals surface area contributed by atoms with Crippen LogP contribution >= 0.6 is 0 Å². The van der Waals surface area contributed by atoms with E-state index in [0.29, 0.717) is 25.2 Å². The van der Waals surface area contributed by atoms with E-state index in [-0.39, 0.29) is 36.7 Å². The number of ether oxygens (including phenoxy) is 4. The third-order valence-corrected chi connectivity index (χ3v) is 11.9. The van der Waals surface area contributed by atoms with Crippen LogP contribution < -0.4 is 0 Å². The zero-order valence-corrected chi connectivity index (χ0v) is 26.0. The molecule has 0 aromatic carbocycles. The van der Waals surface area contributed by atoms with E-state index < -0.39 is 58.9 Å². The summed E-state index contributed by atoms with van der Waals surface area (Å²) in [7, 11) is 1.49. The number of aliphatic carboxylic acids is 1. The number of allylic oxidation sites excluding steroid dienone is 1. The summed E-state index contributed by atoms with van der Waals surface area (Å²) in [5, 5.41) is 22.6. The Morgan fingerprint density at radius 2 is 1.90 bits per heavy atom. The van der Waals surface area contributed by atoms with Gasteiger partial charge in [-0.05, 0) is 62.2 Å². The normalized spacial score (nSPS) is 45.5. The van der Waals surface area contributed by atoms with Gasteiger partial charge in [0.05, 0.1) is 18.1 Å². The highest BCUT2D eigenvalue weighted by molar-refractivity contribution is 5.90. The van der Waals surface area contributed by atoms with Crippen LogP contribution in [0.4, 0.5) is 0 Å². The maximum Gasteiger partial charge on any atom is 0.315 e. The molecule has 42 heavy (non-hydrogen) atoms. The summed E-state index contributed by atoms with van der Waals surface area (Å²) in [6.45, 7) is 10.1. The highest BCUT2D eigenvalue weighted by Crippen LogP contribution is 2.82. The summed E-state index contributed by atoms with van der Waals surface area (Å²) in [5.41, 5.74) is -2.39. The summed E-state index contributed by atoms with van der Waals surface area (Å²) in [6, 6.07) is 0. The molecule has 3 saturated carbocycles. The number of aldehydes is 1. The molecule has 1 saturated heterocycles. The smallest absolute Gasteiger partial charge is 0.315 e. The molecule has 12 atom stereocenters. The van der Waals surface area contributed by atoms with Gasteiger partial charge in [-0.25, -0.2) is 0 Å². The van der Waals surface area contributed by atoms with Crippen molar-refractivity contribution in [3.63, 3.8) is 0 Å². The second kappa shape index (κ2) is 11.6. The molecule has 0 spiro atoms. The number of aliphatic hydroxyl groups excluding tert-OH is 1. The zero-order valence-electron chi connectivity index (χ0n) is 26.0. The van der Waals surface area contributed by atoms with Gasteiger partial charge in [0.25, 0.3) is 0 Å². The lowest BCUT2D eigenvalue weighted by molar-refractivity contribution is -0.309. The van der Waals surface area contributed by atoms with Crippen LogP contribution in [-0.4, -0.2) is 72.9 Å². The van der Waals surface area contributed by atoms with Crippen molar-refractivity contribution < 1.29 is 43.5 Å². The van der Waals surface area contributed by atoms with Gasteiger partial charge in [-0.2, -0.15) is 0 Å². The number of carbonyl (C=O) groups excluding carboxylic acids is 2. The number of hydrogen-bond donors (Lipinski definition) is 2. The van der Waals surface area contributed by atoms with Crippen molar-refractivity contribution in [3.05, 3.63) is 11.6 Å². The summed E-state index contributed by atoms with van der Waals surface area (Å²) in [6.07, 6.45) is 4.24. The molecule has 0 amide bonds. The van der Waals surface area contributed by atoms with Gasteiger partial charge < -0.3 is 34.0 Å². The maximum atomic E-state index is 13.7. The van der Waals surface area contributed by atoms with E-state index in [2.05, 4.69) is 19.9 Å². The average molecular weight is 591 g/mol. The third-order valence-electron chi connectivity index (χ3n) is 11.9. The number of carboxylic acid groups (broad SMARTS) is 1. The minimum atomic E-state index is -1.38. The number of carbonyl (C=O) groups is 3. The first-order chi connectivity index (χ1) is 19.9. The number of hydrogen-bond acceptors (Lipinski definition) is 8. The van der Waals surface area contributed by atoms with Crippen molar-refractivity contribution in [2.24, 2.45) is 45.8 Å². The molecule has 9 heteroatoms. The largest absolute Gasteiger partial charge is 0.481 e. The molecule has 1 heterocycles. The number of fused-ring (bicyclic) bond motifs is 2. The highest BCUT2D eigenvalue weighted by atomic mass is 16.7. The van der Waals surface area contributed by atoms with Gasteiger partial charge in [0, 0.05) is 18.9 Å². The number of esters is 1. The van der Waals surface area contributed by atoms with E-state index in [4.69, 9.17) is 18.9 Å². The Bertz CT molecular complexity index is 1090. The first kappa shape index (κ1) is 31.6. The molecule has 0 radical (unpaired) electrons. The molecule has 0 aromatic heterocycles. The molecule has 1 aliphatic heterocycles. The fraction of sp³-hybridized carbons (Fsp3) is 0.848. The van der Waals surface area contributed by atoms with Crippen LogP contribution in [0.5, 0.6) is 0 Å². The van der Waals surface area contributed by atoms with E-state index in [0.717, 1.165) is 37.5 Å². The number of unbranched alkanes of at least 4 members (excludes halogenated alkanes) is 2. The van der Waals surface area contributed by atoms with E-state index in [1.807, 2.05) is 13.8 Å². The van der Waals surface area contributed by atoms with Gasteiger partial charge in [0.2, 0.25) is 0 Å². The summed E-state index contributed by atoms with van der Waals surface area (Å²) in [4.78, 5) is 39.6. The monoisotopic (exact) mass is 590 g/mol. The van der Waals surface area contributed by atoms with E-state index >= 15 is 0 Å². The predicted octanol–water partition coefficient (Wildman–Crippen LogP) is 4.54. The van der Waals surface area contributed by atoms with Crippen molar-refractivity contribution in [2.75, 3.05) is 13.7 Å². The first-order valence-electron chi connectivity index (χ1n) is 16.0. The van der Waals surface area contributed by atoms with Gasteiger partial charge in [-0.1, -0.05) is 58.6 Å². The lowest BCUT2D eigenvalue weighted by Gasteiger charge is -2.58. The maximum absolute atomic E-state index is 13.7. The number of aliphatic hydroxyl groups is 1. The van der Waals surface area contributed by atoms with E-state index in [1.165, 1.54) is 7.11 Å². The number of methoxy groups -OCH3 is 1. The zero-order chi connectivity index (χ0) is 30.6. The third kappa shape index (κ3) is 4.27. The molecule has 4 bridgehead atoms. The van der Waals surface area contributed by atoms with Crippen molar-refractivity contribution in [3.8, 4) is 0 Å². The van der Waals surface area contributed by atoms with E-state index in [9.17, 15) is 24.6 Å². The minimum absolute atomic E-state index is 0.0193. The SMILES string of the molecule is CCCCCC(=O)O[C@H]1[C@H](O)[C@H](OCC23C[C@@H]4[C@H](C)CC[C@H]4[C@@]4(C=O)CC2C=C(C(C)C)[C@@]34C(=O)O)O[C@H](C)[C@H]1OC. The second-order valence-electron chi connectivity index (χ2n) is 14.1. The van der Waals surface area contributed by atoms with Gasteiger partial charge in [0.1, 0.15) is 23.9 Å². The van der Waals surface area contributed by atoms with Crippen LogP contribution in [0.2, 0.25) is 0 Å². The van der Waals surface area contributed by atoms with Gasteiger partial charge in [0.15, 0.2) is 12.4 Å². The Hall–Kier alpha value is -1.81. The molecule has 5 rings (SSSR count). The molecule has 4 aliphatic carbocycles. The summed E-state index contributed by atoms with van der Waals surface area (Å²) in [5.74, 6) is -0.903. The lowest BCUT2D eigenvalue weighted by atomic mass is 9.43. The fourth-order valence-corrected chi connectivity index (χ4v) is 10.2. The van der Waals surface area contributed by atoms with Crippen LogP contribution in [0.1, 0.15) is 86.0 Å². The molecular formula is C33H50O9. The van der Waals surface area contributed by atoms with Crippen molar-refractivity contribution >= 4 is 18.2 Å². The number of carboxylic acids is 1. The van der Waals surface area contributed by atoms with Gasteiger partial charge >= 0.3 is 11.9 Å². The Morgan fingerprint density at radius 3 is 2.52 bits per heavy atom. The first-order valence-corrected chi connectivity index (χ1v) is 16.0. The standard InChI is InChI=1S/C33H50O9/c1-7-8-9-10-25(35)42-28-26(36)29(41-20(5)27(28)39-6)40-17-32-15-22-19(4)11-12-23(22)31(16-34)14-21(32)13-24(18(2)3)33(31,32)30(37)38/h13,16,18-23,26-29,36H,7-12,14-15,17H2,1-6H3,(H,37,38)/t19-,20-,21?,22-,23-,26+,27-,28+,29-,31+,32?,33+/m1/s1. The lowest BCUT2D eigenvalue weighted by Crippen LogP contribution is -2.64. The van der Waals surface area contributed by atoms with Crippen LogP contribution in [-0.2, 0) is 33.3 Å². The van der Waals surface area contributed by atoms with Crippen LogP contribution in [0.3, 0.4) is 0 Å². The Kier molecular flexibility index (Phi) is 8.73. The summed E-state index contributed by atoms with van der Waals surface area (Å²) < 4.78 is 23.9.